The number of nitrogens with one attached hydrogen (secondary N) is 1. The number of sulfonamides is 1. The second kappa shape index (κ2) is 8.22. The third-order valence-corrected chi connectivity index (χ3v) is 8.29. The van der Waals surface area contributed by atoms with E-state index in [9.17, 15) is 13.2 Å². The van der Waals surface area contributed by atoms with E-state index in [-0.39, 0.29) is 18.3 Å². The van der Waals surface area contributed by atoms with Gasteiger partial charge >= 0.3 is 0 Å². The Bertz CT molecular complexity index is 1250. The van der Waals surface area contributed by atoms with Gasteiger partial charge in [-0.1, -0.05) is 18.2 Å². The SMILES string of the molecule is Cc1cccc2c1N([C@H]1CCN(c3ccc(S(=O)(=O)Nc4nccs4)cc3)C1=O)CCC2.[HH]. The Morgan fingerprint density at radius 2 is 1.97 bits per heavy atom. The normalized spacial score (nSPS) is 18.7. The number of para-hydroxylation sites is 1. The Balaban J connectivity index is 0.00000259. The number of hydrogen-bond acceptors (Lipinski definition) is 6. The summed E-state index contributed by atoms with van der Waals surface area (Å²) >= 11 is 1.22. The van der Waals surface area contributed by atoms with Crippen LogP contribution in [0.4, 0.5) is 16.5 Å². The van der Waals surface area contributed by atoms with Crippen molar-refractivity contribution in [1.29, 1.82) is 0 Å². The van der Waals surface area contributed by atoms with Gasteiger partial charge in [-0.3, -0.25) is 9.52 Å². The van der Waals surface area contributed by atoms with E-state index >= 15 is 0 Å². The number of carbonyl (C=O) groups excluding carboxylic acids is 1. The van der Waals surface area contributed by atoms with E-state index in [4.69, 9.17) is 0 Å². The fourth-order valence-electron chi connectivity index (χ4n) is 4.66. The average molecular weight is 471 g/mol. The lowest BCUT2D eigenvalue weighted by Gasteiger charge is -2.36. The van der Waals surface area contributed by atoms with Crippen molar-refractivity contribution < 1.29 is 14.6 Å². The monoisotopic (exact) mass is 470 g/mol. The second-order valence-electron chi connectivity index (χ2n) is 8.11. The van der Waals surface area contributed by atoms with Crippen LogP contribution >= 0.6 is 11.3 Å². The van der Waals surface area contributed by atoms with E-state index < -0.39 is 10.0 Å². The van der Waals surface area contributed by atoms with Crippen molar-refractivity contribution >= 4 is 43.8 Å². The van der Waals surface area contributed by atoms with Gasteiger partial charge in [-0.2, -0.15) is 0 Å². The maximum absolute atomic E-state index is 13.4. The molecule has 0 spiro atoms. The maximum atomic E-state index is 13.4. The first-order chi connectivity index (χ1) is 15.4. The molecule has 7 nitrogen and oxygen atoms in total. The number of anilines is 3. The summed E-state index contributed by atoms with van der Waals surface area (Å²) in [6, 6.07) is 12.6. The zero-order valence-electron chi connectivity index (χ0n) is 17.7. The molecule has 5 rings (SSSR count). The second-order valence-corrected chi connectivity index (χ2v) is 10.7. The molecule has 1 atom stereocenters. The molecule has 0 radical (unpaired) electrons. The van der Waals surface area contributed by atoms with Gasteiger partial charge in [0.2, 0.25) is 5.91 Å². The minimum atomic E-state index is -3.72. The van der Waals surface area contributed by atoms with Gasteiger partial charge in [-0.05, 0) is 61.6 Å². The molecular formula is C23H26N4O3S2. The lowest BCUT2D eigenvalue weighted by molar-refractivity contribution is -0.118. The summed E-state index contributed by atoms with van der Waals surface area (Å²) in [5.74, 6) is 0.0672. The Morgan fingerprint density at radius 1 is 1.16 bits per heavy atom. The topological polar surface area (TPSA) is 82.6 Å². The zero-order chi connectivity index (χ0) is 22.3. The molecule has 2 aromatic carbocycles. The molecule has 1 aromatic heterocycles. The number of thiazole rings is 1. The number of rotatable bonds is 5. The maximum Gasteiger partial charge on any atom is 0.263 e. The quantitative estimate of drug-likeness (QED) is 0.608. The Morgan fingerprint density at radius 3 is 2.72 bits per heavy atom. The highest BCUT2D eigenvalue weighted by Gasteiger charge is 2.38. The molecule has 1 amide bonds. The van der Waals surface area contributed by atoms with Crippen LogP contribution in [-0.2, 0) is 21.2 Å². The summed E-state index contributed by atoms with van der Waals surface area (Å²) < 4.78 is 27.6. The zero-order valence-corrected chi connectivity index (χ0v) is 19.3. The van der Waals surface area contributed by atoms with Crippen LogP contribution in [0.2, 0.25) is 0 Å². The molecule has 0 unspecified atom stereocenters. The molecule has 1 N–H and O–H groups in total. The van der Waals surface area contributed by atoms with Crippen molar-refractivity contribution in [2.45, 2.75) is 37.1 Å². The highest BCUT2D eigenvalue weighted by atomic mass is 32.2. The van der Waals surface area contributed by atoms with Gasteiger partial charge in [0.15, 0.2) is 5.13 Å². The number of fused-ring (bicyclic) bond motifs is 1. The molecule has 0 bridgehead atoms. The molecule has 0 saturated carbocycles. The molecule has 2 aliphatic heterocycles. The van der Waals surface area contributed by atoms with Crippen LogP contribution in [0.25, 0.3) is 0 Å². The number of amides is 1. The Kier molecular flexibility index (Phi) is 5.38. The van der Waals surface area contributed by atoms with Gasteiger partial charge < -0.3 is 9.80 Å². The molecule has 3 heterocycles. The number of carbonyl (C=O) groups is 1. The largest absolute Gasteiger partial charge is 0.359 e. The number of hydrogen-bond donors (Lipinski definition) is 1. The van der Waals surface area contributed by atoms with Crippen molar-refractivity contribution in [3.8, 4) is 0 Å². The van der Waals surface area contributed by atoms with Gasteiger partial charge in [0.25, 0.3) is 10.0 Å². The van der Waals surface area contributed by atoms with E-state index in [0.29, 0.717) is 17.4 Å². The molecule has 2 aliphatic rings. The van der Waals surface area contributed by atoms with Crippen molar-refractivity contribution in [1.82, 2.24) is 4.98 Å². The van der Waals surface area contributed by atoms with Crippen molar-refractivity contribution in [3.63, 3.8) is 0 Å². The minimum absolute atomic E-state index is 0. The van der Waals surface area contributed by atoms with Crippen LogP contribution in [0, 0.1) is 6.92 Å². The van der Waals surface area contributed by atoms with Gasteiger partial charge in [-0.15, -0.1) is 11.3 Å². The van der Waals surface area contributed by atoms with Gasteiger partial charge in [0, 0.05) is 37.5 Å². The standard InChI is InChI=1S/C23H24N4O3S2.H2/c1-16-4-2-5-17-6-3-13-27(21(16)17)20-11-14-26(22(20)28)18-7-9-19(10-8-18)32(29,30)25-23-24-12-15-31-23;/h2,4-5,7-10,12,15,20H,3,6,11,13-14H2,1H3,(H,24,25);1H/t20-;/m0./s1. The fourth-order valence-corrected chi connectivity index (χ4v) is 6.45. The first-order valence-electron chi connectivity index (χ1n) is 10.6. The highest BCUT2D eigenvalue weighted by molar-refractivity contribution is 7.93. The summed E-state index contributed by atoms with van der Waals surface area (Å²) in [5, 5.41) is 2.03. The summed E-state index contributed by atoms with van der Waals surface area (Å²) in [5.41, 5.74) is 4.43. The van der Waals surface area contributed by atoms with Gasteiger partial charge in [0.1, 0.15) is 6.04 Å². The smallest absolute Gasteiger partial charge is 0.263 e. The van der Waals surface area contributed by atoms with E-state index in [0.717, 1.165) is 25.8 Å². The number of nitrogens with zero attached hydrogens (tertiary/aromatic N) is 3. The summed E-state index contributed by atoms with van der Waals surface area (Å²) in [4.78, 5) is 21.5. The van der Waals surface area contributed by atoms with Crippen molar-refractivity contribution in [3.05, 3.63) is 65.2 Å². The number of benzene rings is 2. The summed E-state index contributed by atoms with van der Waals surface area (Å²) in [6.45, 7) is 3.60. The molecular weight excluding hydrogens is 444 g/mol. The Hall–Kier alpha value is -2.91. The fraction of sp³-hybridized carbons (Fsp3) is 0.304. The van der Waals surface area contributed by atoms with Crippen LogP contribution in [0.5, 0.6) is 0 Å². The van der Waals surface area contributed by atoms with Gasteiger partial charge in [0.05, 0.1) is 4.90 Å². The minimum Gasteiger partial charge on any atom is -0.359 e. The van der Waals surface area contributed by atoms with Crippen LogP contribution in [-0.4, -0.2) is 38.4 Å². The average Bonchev–Trinajstić information content (AvgIpc) is 3.43. The predicted octanol–water partition coefficient (Wildman–Crippen LogP) is 4.06. The number of aromatic nitrogens is 1. The summed E-state index contributed by atoms with van der Waals surface area (Å²) in [6.07, 6.45) is 4.38. The molecule has 1 saturated heterocycles. The number of aryl methyl sites for hydroxylation is 2. The molecule has 168 valence electrons. The molecule has 32 heavy (non-hydrogen) atoms. The summed E-state index contributed by atoms with van der Waals surface area (Å²) in [7, 11) is -3.72. The van der Waals surface area contributed by atoms with Gasteiger partial charge in [-0.25, -0.2) is 13.4 Å². The van der Waals surface area contributed by atoms with Crippen molar-refractivity contribution in [2.75, 3.05) is 27.6 Å². The van der Waals surface area contributed by atoms with Crippen LogP contribution in [0.3, 0.4) is 0 Å². The van der Waals surface area contributed by atoms with Crippen LogP contribution < -0.4 is 14.5 Å². The Labute approximate surface area is 193 Å². The predicted molar refractivity (Wildman–Crippen MR) is 129 cm³/mol. The molecule has 0 aliphatic carbocycles. The molecule has 1 fully saturated rings. The van der Waals surface area contributed by atoms with Crippen LogP contribution in [0.1, 0.15) is 25.4 Å². The first-order valence-corrected chi connectivity index (χ1v) is 13.0. The van der Waals surface area contributed by atoms with E-state index in [1.807, 2.05) is 0 Å². The van der Waals surface area contributed by atoms with Crippen molar-refractivity contribution in [2.24, 2.45) is 0 Å². The first kappa shape index (κ1) is 21.0. The van der Waals surface area contributed by atoms with E-state index in [1.54, 1.807) is 28.6 Å². The third-order valence-electron chi connectivity index (χ3n) is 6.12. The molecule has 3 aromatic rings. The van der Waals surface area contributed by atoms with E-state index in [1.165, 1.54) is 40.3 Å². The highest BCUT2D eigenvalue weighted by Crippen LogP contribution is 2.35. The van der Waals surface area contributed by atoms with Crippen LogP contribution in [0.15, 0.2) is 58.9 Å². The lowest BCUT2D eigenvalue weighted by Crippen LogP contribution is -2.44. The van der Waals surface area contributed by atoms with E-state index in [2.05, 4.69) is 39.7 Å². The third kappa shape index (κ3) is 3.75. The lowest BCUT2D eigenvalue weighted by atomic mass is 9.96. The molecule has 9 heteroatoms.